The molecule has 1 aromatic heterocycles. The molecule has 1 fully saturated rings. The molecule has 20 heavy (non-hydrogen) atoms. The highest BCUT2D eigenvalue weighted by Crippen LogP contribution is 2.21. The molecule has 2 rings (SSSR count). The Balaban J connectivity index is 2.19. The summed E-state index contributed by atoms with van der Waals surface area (Å²) in [7, 11) is 0. The maximum absolute atomic E-state index is 12.6. The molecule has 0 aliphatic carbocycles. The van der Waals surface area contributed by atoms with Crippen LogP contribution in [0.15, 0.2) is 17.5 Å². The predicted molar refractivity (Wildman–Crippen MR) is 80.4 cm³/mol. The predicted octanol–water partition coefficient (Wildman–Crippen LogP) is 2.54. The number of nitrogens with zero attached hydrogens (tertiary/aromatic N) is 1. The minimum Gasteiger partial charge on any atom is -0.343 e. The second kappa shape index (κ2) is 6.88. The molecule has 1 aliphatic heterocycles. The third kappa shape index (κ3) is 3.20. The first-order valence-corrected chi connectivity index (χ1v) is 8.18. The van der Waals surface area contributed by atoms with Crippen LogP contribution in [0.4, 0.5) is 0 Å². The average Bonchev–Trinajstić information content (AvgIpc) is 2.93. The molecule has 0 spiro atoms. The van der Waals surface area contributed by atoms with Gasteiger partial charge in [-0.3, -0.25) is 9.59 Å². The van der Waals surface area contributed by atoms with Gasteiger partial charge >= 0.3 is 0 Å². The molecule has 2 unspecified atom stereocenters. The first kappa shape index (κ1) is 15.0. The fourth-order valence-corrected chi connectivity index (χ4v) is 3.33. The molecule has 2 atom stereocenters. The van der Waals surface area contributed by atoms with Crippen molar-refractivity contribution in [3.05, 3.63) is 22.4 Å². The Kier molecular flexibility index (Phi) is 5.17. The van der Waals surface area contributed by atoms with Gasteiger partial charge in [0, 0.05) is 4.88 Å². The highest BCUT2D eigenvalue weighted by atomic mass is 32.1. The SMILES string of the molecule is CCCC1NC(=O)C(CCC)N(Cc2cccs2)C1=O. The number of nitrogens with one attached hydrogen (secondary N) is 1. The molecule has 2 amide bonds. The summed E-state index contributed by atoms with van der Waals surface area (Å²) in [5.41, 5.74) is 0. The molecule has 0 aromatic carbocycles. The van der Waals surface area contributed by atoms with E-state index in [-0.39, 0.29) is 23.9 Å². The fourth-order valence-electron chi connectivity index (χ4n) is 2.63. The van der Waals surface area contributed by atoms with Crippen molar-refractivity contribution in [3.63, 3.8) is 0 Å². The van der Waals surface area contributed by atoms with Crippen molar-refractivity contribution in [1.82, 2.24) is 10.2 Å². The molecular weight excluding hydrogens is 272 g/mol. The van der Waals surface area contributed by atoms with Gasteiger partial charge in [0.15, 0.2) is 0 Å². The van der Waals surface area contributed by atoms with Crippen molar-refractivity contribution in [2.75, 3.05) is 0 Å². The number of hydrogen-bond donors (Lipinski definition) is 1. The number of carbonyl (C=O) groups is 2. The van der Waals surface area contributed by atoms with Crippen LogP contribution in [-0.4, -0.2) is 28.8 Å². The molecule has 4 nitrogen and oxygen atoms in total. The summed E-state index contributed by atoms with van der Waals surface area (Å²) < 4.78 is 0. The van der Waals surface area contributed by atoms with Crippen LogP contribution in [0.3, 0.4) is 0 Å². The number of amides is 2. The number of rotatable bonds is 6. The zero-order valence-corrected chi connectivity index (χ0v) is 12.9. The molecule has 0 saturated carbocycles. The molecule has 0 radical (unpaired) electrons. The summed E-state index contributed by atoms with van der Waals surface area (Å²) in [4.78, 5) is 27.7. The summed E-state index contributed by atoms with van der Waals surface area (Å²) >= 11 is 1.63. The lowest BCUT2D eigenvalue weighted by Gasteiger charge is -2.38. The highest BCUT2D eigenvalue weighted by molar-refractivity contribution is 7.09. The smallest absolute Gasteiger partial charge is 0.246 e. The van der Waals surface area contributed by atoms with E-state index in [4.69, 9.17) is 0 Å². The standard InChI is InChI=1S/C15H22N2O2S/c1-3-6-12-15(19)17(10-11-8-5-9-20-11)13(7-4-2)14(18)16-12/h5,8-9,12-13H,3-4,6-7,10H2,1-2H3,(H,16,18). The number of hydrogen-bond acceptors (Lipinski definition) is 3. The summed E-state index contributed by atoms with van der Waals surface area (Å²) in [6, 6.07) is 3.33. The van der Waals surface area contributed by atoms with E-state index in [9.17, 15) is 9.59 Å². The molecule has 1 N–H and O–H groups in total. The molecule has 5 heteroatoms. The van der Waals surface area contributed by atoms with Crippen molar-refractivity contribution < 1.29 is 9.59 Å². The van der Waals surface area contributed by atoms with Gasteiger partial charge in [-0.1, -0.05) is 32.8 Å². The van der Waals surface area contributed by atoms with E-state index in [1.807, 2.05) is 31.4 Å². The molecule has 1 saturated heterocycles. The van der Waals surface area contributed by atoms with Crippen LogP contribution in [0.25, 0.3) is 0 Å². The van der Waals surface area contributed by atoms with Crippen LogP contribution in [0, 0.1) is 0 Å². The molecular formula is C15H22N2O2S. The van der Waals surface area contributed by atoms with E-state index in [1.165, 1.54) is 0 Å². The van der Waals surface area contributed by atoms with Gasteiger partial charge in [-0.2, -0.15) is 0 Å². The van der Waals surface area contributed by atoms with Crippen molar-refractivity contribution in [2.24, 2.45) is 0 Å². The second-order valence-electron chi connectivity index (χ2n) is 5.20. The zero-order chi connectivity index (χ0) is 14.5. The van der Waals surface area contributed by atoms with Gasteiger partial charge in [0.1, 0.15) is 12.1 Å². The lowest BCUT2D eigenvalue weighted by Crippen LogP contribution is -2.62. The van der Waals surface area contributed by atoms with Crippen LogP contribution >= 0.6 is 11.3 Å². The van der Waals surface area contributed by atoms with E-state index in [1.54, 1.807) is 16.2 Å². The zero-order valence-electron chi connectivity index (χ0n) is 12.1. The van der Waals surface area contributed by atoms with Crippen LogP contribution in [0.1, 0.15) is 44.4 Å². The first-order chi connectivity index (χ1) is 9.67. The fraction of sp³-hybridized carbons (Fsp3) is 0.600. The van der Waals surface area contributed by atoms with Crippen molar-refractivity contribution in [1.29, 1.82) is 0 Å². The van der Waals surface area contributed by atoms with Crippen molar-refractivity contribution in [3.8, 4) is 0 Å². The summed E-state index contributed by atoms with van der Waals surface area (Å²) in [5, 5.41) is 4.89. The number of piperazine rings is 1. The average molecular weight is 294 g/mol. The third-order valence-electron chi connectivity index (χ3n) is 3.62. The van der Waals surface area contributed by atoms with Crippen LogP contribution in [0.2, 0.25) is 0 Å². The Morgan fingerprint density at radius 3 is 2.60 bits per heavy atom. The van der Waals surface area contributed by atoms with Gasteiger partial charge in [-0.05, 0) is 24.3 Å². The Morgan fingerprint density at radius 1 is 1.25 bits per heavy atom. The maximum Gasteiger partial charge on any atom is 0.246 e. The largest absolute Gasteiger partial charge is 0.343 e. The Bertz CT molecular complexity index is 458. The molecule has 110 valence electrons. The number of carbonyl (C=O) groups excluding carboxylic acids is 2. The Hall–Kier alpha value is -1.36. The maximum atomic E-state index is 12.6. The van der Waals surface area contributed by atoms with Crippen LogP contribution in [-0.2, 0) is 16.1 Å². The van der Waals surface area contributed by atoms with E-state index < -0.39 is 0 Å². The van der Waals surface area contributed by atoms with E-state index in [2.05, 4.69) is 5.32 Å². The van der Waals surface area contributed by atoms with Crippen LogP contribution < -0.4 is 5.32 Å². The van der Waals surface area contributed by atoms with E-state index in [0.29, 0.717) is 13.0 Å². The van der Waals surface area contributed by atoms with Gasteiger partial charge in [-0.15, -0.1) is 11.3 Å². The minimum absolute atomic E-state index is 0.00135. The second-order valence-corrected chi connectivity index (χ2v) is 6.23. The van der Waals surface area contributed by atoms with E-state index in [0.717, 1.165) is 24.1 Å². The van der Waals surface area contributed by atoms with Crippen molar-refractivity contribution >= 4 is 23.2 Å². The van der Waals surface area contributed by atoms with Gasteiger partial charge in [0.2, 0.25) is 11.8 Å². The van der Waals surface area contributed by atoms with Gasteiger partial charge in [0.25, 0.3) is 0 Å². The molecule has 1 aliphatic rings. The normalized spacial score (nSPS) is 23.0. The Labute approximate surface area is 124 Å². The van der Waals surface area contributed by atoms with Crippen molar-refractivity contribution in [2.45, 2.75) is 58.2 Å². The minimum atomic E-state index is -0.347. The summed E-state index contributed by atoms with van der Waals surface area (Å²) in [5.74, 6) is 0.0692. The first-order valence-electron chi connectivity index (χ1n) is 7.30. The highest BCUT2D eigenvalue weighted by Gasteiger charge is 2.39. The molecule has 1 aromatic rings. The van der Waals surface area contributed by atoms with E-state index >= 15 is 0 Å². The van der Waals surface area contributed by atoms with Gasteiger partial charge in [-0.25, -0.2) is 0 Å². The van der Waals surface area contributed by atoms with Gasteiger partial charge in [0.05, 0.1) is 6.54 Å². The quantitative estimate of drug-likeness (QED) is 0.876. The molecule has 2 heterocycles. The monoisotopic (exact) mass is 294 g/mol. The van der Waals surface area contributed by atoms with Gasteiger partial charge < -0.3 is 10.2 Å². The lowest BCUT2D eigenvalue weighted by atomic mass is 10.0. The topological polar surface area (TPSA) is 49.4 Å². The molecule has 0 bridgehead atoms. The number of thiophene rings is 1. The Morgan fingerprint density at radius 2 is 2.00 bits per heavy atom. The lowest BCUT2D eigenvalue weighted by molar-refractivity contribution is -0.150. The summed E-state index contributed by atoms with van der Waals surface area (Å²) in [6.07, 6.45) is 3.22. The summed E-state index contributed by atoms with van der Waals surface area (Å²) in [6.45, 7) is 4.62. The third-order valence-corrected chi connectivity index (χ3v) is 4.48. The van der Waals surface area contributed by atoms with Crippen LogP contribution in [0.5, 0.6) is 0 Å².